The number of carbonyl (C=O) groups excluding carboxylic acids is 1. The van der Waals surface area contributed by atoms with Gasteiger partial charge in [0.25, 0.3) is 0 Å². The predicted molar refractivity (Wildman–Crippen MR) is 67.0 cm³/mol. The molecule has 0 spiro atoms. The van der Waals surface area contributed by atoms with Gasteiger partial charge in [-0.1, -0.05) is 20.3 Å². The zero-order valence-electron chi connectivity index (χ0n) is 11.3. The molecule has 0 aromatic rings. The number of rotatable bonds is 7. The molecule has 1 atom stereocenters. The van der Waals surface area contributed by atoms with Crippen molar-refractivity contribution in [3.63, 3.8) is 0 Å². The summed E-state index contributed by atoms with van der Waals surface area (Å²) in [7, 11) is 1.53. The maximum atomic E-state index is 12.1. The standard InChI is InChI=1S/C12H24N2O3/c1-5-7-8-14(10(3)6-2)12(17)13(4)9-11(15)16/h10H,5-9H2,1-4H3,(H,15,16). The van der Waals surface area contributed by atoms with Crippen LogP contribution in [-0.4, -0.2) is 53.1 Å². The van der Waals surface area contributed by atoms with Crippen LogP contribution in [0.1, 0.15) is 40.0 Å². The van der Waals surface area contributed by atoms with Gasteiger partial charge in [0, 0.05) is 19.6 Å². The fraction of sp³-hybridized carbons (Fsp3) is 0.833. The van der Waals surface area contributed by atoms with E-state index in [-0.39, 0.29) is 18.6 Å². The largest absolute Gasteiger partial charge is 0.480 e. The lowest BCUT2D eigenvalue weighted by atomic mass is 10.2. The number of unbranched alkanes of at least 4 members (excludes halogenated alkanes) is 1. The molecule has 0 saturated heterocycles. The van der Waals surface area contributed by atoms with E-state index < -0.39 is 5.97 Å². The number of hydrogen-bond donors (Lipinski definition) is 1. The first-order chi connectivity index (χ1) is 7.93. The molecule has 0 aromatic carbocycles. The molecule has 0 saturated carbocycles. The summed E-state index contributed by atoms with van der Waals surface area (Å²) in [4.78, 5) is 25.7. The Kier molecular flexibility index (Phi) is 7.34. The lowest BCUT2D eigenvalue weighted by Gasteiger charge is -2.32. The van der Waals surface area contributed by atoms with E-state index in [0.29, 0.717) is 6.54 Å². The maximum Gasteiger partial charge on any atom is 0.323 e. The maximum absolute atomic E-state index is 12.1. The Morgan fingerprint density at radius 2 is 1.88 bits per heavy atom. The summed E-state index contributed by atoms with van der Waals surface area (Å²) in [5.41, 5.74) is 0. The van der Waals surface area contributed by atoms with E-state index >= 15 is 0 Å². The van der Waals surface area contributed by atoms with Crippen LogP contribution in [0.2, 0.25) is 0 Å². The van der Waals surface area contributed by atoms with Crippen molar-refractivity contribution in [1.82, 2.24) is 9.80 Å². The number of carboxylic acids is 1. The van der Waals surface area contributed by atoms with Gasteiger partial charge in [0.1, 0.15) is 6.54 Å². The summed E-state index contributed by atoms with van der Waals surface area (Å²) in [5.74, 6) is -0.986. The van der Waals surface area contributed by atoms with Crippen LogP contribution in [0.3, 0.4) is 0 Å². The van der Waals surface area contributed by atoms with E-state index in [1.54, 1.807) is 4.90 Å². The van der Waals surface area contributed by atoms with Gasteiger partial charge in [-0.05, 0) is 19.8 Å². The van der Waals surface area contributed by atoms with Gasteiger partial charge in [0.15, 0.2) is 0 Å². The number of carbonyl (C=O) groups is 2. The van der Waals surface area contributed by atoms with Crippen molar-refractivity contribution in [2.24, 2.45) is 0 Å². The van der Waals surface area contributed by atoms with Crippen LogP contribution in [0.15, 0.2) is 0 Å². The average molecular weight is 244 g/mol. The van der Waals surface area contributed by atoms with Crippen LogP contribution < -0.4 is 0 Å². The highest BCUT2D eigenvalue weighted by Gasteiger charge is 2.22. The van der Waals surface area contributed by atoms with Gasteiger partial charge in [0.2, 0.25) is 0 Å². The molecule has 5 nitrogen and oxygen atoms in total. The fourth-order valence-corrected chi connectivity index (χ4v) is 1.54. The van der Waals surface area contributed by atoms with Crippen molar-refractivity contribution in [3.05, 3.63) is 0 Å². The molecule has 0 bridgehead atoms. The Labute approximate surface area is 103 Å². The second kappa shape index (κ2) is 7.92. The van der Waals surface area contributed by atoms with Gasteiger partial charge < -0.3 is 14.9 Å². The molecule has 1 N–H and O–H groups in total. The molecule has 5 heteroatoms. The van der Waals surface area contributed by atoms with Crippen LogP contribution in [0.5, 0.6) is 0 Å². The topological polar surface area (TPSA) is 60.9 Å². The van der Waals surface area contributed by atoms with Crippen molar-refractivity contribution in [1.29, 1.82) is 0 Å². The molecule has 0 aliphatic heterocycles. The quantitative estimate of drug-likeness (QED) is 0.745. The van der Waals surface area contributed by atoms with E-state index in [2.05, 4.69) is 6.92 Å². The summed E-state index contributed by atoms with van der Waals surface area (Å²) < 4.78 is 0. The zero-order chi connectivity index (χ0) is 13.4. The Balaban J connectivity index is 4.55. The highest BCUT2D eigenvalue weighted by Crippen LogP contribution is 2.09. The smallest absolute Gasteiger partial charge is 0.323 e. The second-order valence-electron chi connectivity index (χ2n) is 4.34. The number of amides is 2. The molecule has 0 fully saturated rings. The first kappa shape index (κ1) is 15.7. The van der Waals surface area contributed by atoms with Gasteiger partial charge in [-0.2, -0.15) is 0 Å². The highest BCUT2D eigenvalue weighted by atomic mass is 16.4. The number of urea groups is 1. The van der Waals surface area contributed by atoms with E-state index in [0.717, 1.165) is 19.3 Å². The third-order valence-corrected chi connectivity index (χ3v) is 2.82. The lowest BCUT2D eigenvalue weighted by molar-refractivity contribution is -0.137. The average Bonchev–Trinajstić information content (AvgIpc) is 2.27. The van der Waals surface area contributed by atoms with Crippen molar-refractivity contribution >= 4 is 12.0 Å². The van der Waals surface area contributed by atoms with E-state index in [4.69, 9.17) is 5.11 Å². The molecular formula is C12H24N2O3. The zero-order valence-corrected chi connectivity index (χ0v) is 11.3. The van der Waals surface area contributed by atoms with Crippen molar-refractivity contribution in [2.75, 3.05) is 20.1 Å². The number of aliphatic carboxylic acids is 1. The normalized spacial score (nSPS) is 12.0. The van der Waals surface area contributed by atoms with Gasteiger partial charge in [-0.3, -0.25) is 4.79 Å². The number of likely N-dealkylation sites (N-methyl/N-ethyl adjacent to an activating group) is 1. The van der Waals surface area contributed by atoms with Crippen LogP contribution >= 0.6 is 0 Å². The monoisotopic (exact) mass is 244 g/mol. The lowest BCUT2D eigenvalue weighted by Crippen LogP contribution is -2.47. The summed E-state index contributed by atoms with van der Waals surface area (Å²) in [6.07, 6.45) is 2.83. The second-order valence-corrected chi connectivity index (χ2v) is 4.34. The third-order valence-electron chi connectivity index (χ3n) is 2.82. The Hall–Kier alpha value is -1.26. The molecule has 100 valence electrons. The van der Waals surface area contributed by atoms with Crippen LogP contribution in [0.4, 0.5) is 4.79 Å². The summed E-state index contributed by atoms with van der Waals surface area (Å²) >= 11 is 0. The van der Waals surface area contributed by atoms with Crippen molar-refractivity contribution in [3.8, 4) is 0 Å². The molecule has 1 unspecified atom stereocenters. The van der Waals surface area contributed by atoms with Crippen LogP contribution in [0.25, 0.3) is 0 Å². The minimum absolute atomic E-state index is 0.144. The molecule has 0 heterocycles. The SMILES string of the molecule is CCCCN(C(=O)N(C)CC(=O)O)C(C)CC. The van der Waals surface area contributed by atoms with Gasteiger partial charge in [-0.15, -0.1) is 0 Å². The number of carboxylic acid groups (broad SMARTS) is 1. The van der Waals surface area contributed by atoms with Gasteiger partial charge in [-0.25, -0.2) is 4.79 Å². The third kappa shape index (κ3) is 5.56. The number of nitrogens with zero attached hydrogens (tertiary/aromatic N) is 2. The van der Waals surface area contributed by atoms with Crippen molar-refractivity contribution < 1.29 is 14.7 Å². The molecule has 0 rings (SSSR count). The number of hydrogen-bond acceptors (Lipinski definition) is 2. The van der Waals surface area contributed by atoms with E-state index in [1.807, 2.05) is 13.8 Å². The molecule has 0 aromatic heterocycles. The molecule has 0 aliphatic carbocycles. The molecule has 17 heavy (non-hydrogen) atoms. The van der Waals surface area contributed by atoms with Gasteiger partial charge >= 0.3 is 12.0 Å². The summed E-state index contributed by atoms with van der Waals surface area (Å²) in [6.45, 7) is 6.52. The molecule has 0 radical (unpaired) electrons. The van der Waals surface area contributed by atoms with Gasteiger partial charge in [0.05, 0.1) is 0 Å². The van der Waals surface area contributed by atoms with Crippen LogP contribution in [0, 0.1) is 0 Å². The highest BCUT2D eigenvalue weighted by molar-refractivity contribution is 5.80. The van der Waals surface area contributed by atoms with Crippen molar-refractivity contribution in [2.45, 2.75) is 46.1 Å². The summed E-state index contributed by atoms with van der Waals surface area (Å²) in [6, 6.07) is -0.0551. The first-order valence-corrected chi connectivity index (χ1v) is 6.17. The van der Waals surface area contributed by atoms with Crippen LogP contribution in [-0.2, 0) is 4.79 Å². The van der Waals surface area contributed by atoms with E-state index in [9.17, 15) is 9.59 Å². The molecule has 0 aliphatic rings. The minimum atomic E-state index is -0.986. The fourth-order valence-electron chi connectivity index (χ4n) is 1.54. The Bertz CT molecular complexity index is 256. The van der Waals surface area contributed by atoms with E-state index in [1.165, 1.54) is 11.9 Å². The Morgan fingerprint density at radius 3 is 2.29 bits per heavy atom. The predicted octanol–water partition coefficient (Wildman–Crippen LogP) is 2.02. The minimum Gasteiger partial charge on any atom is -0.480 e. The first-order valence-electron chi connectivity index (χ1n) is 6.17. The Morgan fingerprint density at radius 1 is 1.29 bits per heavy atom. The molecule has 2 amide bonds. The summed E-state index contributed by atoms with van der Waals surface area (Å²) in [5, 5.41) is 8.67. The molecular weight excluding hydrogens is 220 g/mol.